The molecule has 0 aliphatic heterocycles. The van der Waals surface area contributed by atoms with Gasteiger partial charge in [-0.25, -0.2) is 14.4 Å². The summed E-state index contributed by atoms with van der Waals surface area (Å²) in [7, 11) is 1.60. The molecule has 0 unspecified atom stereocenters. The first-order valence-electron chi connectivity index (χ1n) is 5.36. The molecule has 0 saturated carbocycles. The van der Waals surface area contributed by atoms with Crippen LogP contribution in [0, 0.1) is 19.7 Å². The van der Waals surface area contributed by atoms with Crippen LogP contribution in [0.4, 0.5) is 4.39 Å². The highest BCUT2D eigenvalue weighted by Gasteiger charge is 2.13. The van der Waals surface area contributed by atoms with Crippen LogP contribution in [0.1, 0.15) is 11.1 Å². The van der Waals surface area contributed by atoms with Gasteiger partial charge in [0.1, 0.15) is 11.4 Å². The predicted octanol–water partition coefficient (Wildman–Crippen LogP) is 3.56. The number of hydrogen-bond acceptors (Lipinski definition) is 3. The Morgan fingerprint density at radius 2 is 1.94 bits per heavy atom. The van der Waals surface area contributed by atoms with Gasteiger partial charge in [-0.1, -0.05) is 0 Å². The summed E-state index contributed by atoms with van der Waals surface area (Å²) in [4.78, 5) is 7.54. The first-order chi connectivity index (χ1) is 8.52. The van der Waals surface area contributed by atoms with Crippen molar-refractivity contribution in [3.63, 3.8) is 0 Å². The number of aromatic nitrogens is 2. The molecule has 1 heterocycles. The van der Waals surface area contributed by atoms with Gasteiger partial charge in [0.2, 0.25) is 5.28 Å². The molecular formula is C13H12ClFN2O. The van der Waals surface area contributed by atoms with Crippen molar-refractivity contribution in [2.24, 2.45) is 0 Å². The molecule has 1 aromatic heterocycles. The molecule has 3 nitrogen and oxygen atoms in total. The molecule has 2 rings (SSSR count). The van der Waals surface area contributed by atoms with Crippen LogP contribution in [0.5, 0.6) is 5.75 Å². The normalized spacial score (nSPS) is 10.5. The fourth-order valence-electron chi connectivity index (χ4n) is 1.80. The molecule has 18 heavy (non-hydrogen) atoms. The Morgan fingerprint density at radius 3 is 2.61 bits per heavy atom. The van der Waals surface area contributed by atoms with Crippen molar-refractivity contribution in [3.05, 3.63) is 40.6 Å². The zero-order valence-corrected chi connectivity index (χ0v) is 11.0. The summed E-state index contributed by atoms with van der Waals surface area (Å²) in [6.07, 6.45) is 1.07. The van der Waals surface area contributed by atoms with Crippen molar-refractivity contribution >= 4 is 11.6 Å². The quantitative estimate of drug-likeness (QED) is 0.780. The zero-order valence-electron chi connectivity index (χ0n) is 10.3. The van der Waals surface area contributed by atoms with Crippen LogP contribution in [-0.2, 0) is 0 Å². The first kappa shape index (κ1) is 12.8. The number of rotatable bonds is 2. The summed E-state index contributed by atoms with van der Waals surface area (Å²) in [6, 6.07) is 3.68. The van der Waals surface area contributed by atoms with Crippen LogP contribution < -0.4 is 4.74 Å². The third-order valence-corrected chi connectivity index (χ3v) is 2.89. The standard InChI is InChI=1S/C13H12ClFN2O/c1-7-5-11(18-3)8(2)4-9(7)12-10(15)6-16-13(14)17-12/h4-6H,1-3H3. The third-order valence-electron chi connectivity index (χ3n) is 2.71. The van der Waals surface area contributed by atoms with Crippen molar-refractivity contribution in [3.8, 4) is 17.0 Å². The van der Waals surface area contributed by atoms with E-state index in [0.717, 1.165) is 23.1 Å². The van der Waals surface area contributed by atoms with Crippen molar-refractivity contribution in [1.29, 1.82) is 0 Å². The van der Waals surface area contributed by atoms with Crippen LogP contribution in [0.3, 0.4) is 0 Å². The number of ether oxygens (including phenoxy) is 1. The minimum atomic E-state index is -0.493. The Morgan fingerprint density at radius 1 is 1.22 bits per heavy atom. The summed E-state index contributed by atoms with van der Waals surface area (Å²) in [5, 5.41) is 0.0271. The molecule has 0 amide bonds. The Balaban J connectivity index is 2.64. The molecular weight excluding hydrogens is 255 g/mol. The lowest BCUT2D eigenvalue weighted by Gasteiger charge is -2.11. The van der Waals surface area contributed by atoms with E-state index in [4.69, 9.17) is 16.3 Å². The van der Waals surface area contributed by atoms with Gasteiger partial charge in [-0.15, -0.1) is 0 Å². The fourth-order valence-corrected chi connectivity index (χ4v) is 1.93. The van der Waals surface area contributed by atoms with E-state index < -0.39 is 5.82 Å². The molecule has 0 fully saturated rings. The lowest BCUT2D eigenvalue weighted by atomic mass is 10.0. The van der Waals surface area contributed by atoms with Crippen LogP contribution in [-0.4, -0.2) is 17.1 Å². The van der Waals surface area contributed by atoms with Gasteiger partial charge in [-0.2, -0.15) is 0 Å². The van der Waals surface area contributed by atoms with Gasteiger partial charge in [0.15, 0.2) is 5.82 Å². The SMILES string of the molecule is COc1cc(C)c(-c2nc(Cl)ncc2F)cc1C. The molecule has 0 aliphatic rings. The molecule has 0 N–H and O–H groups in total. The maximum absolute atomic E-state index is 13.7. The molecule has 0 atom stereocenters. The smallest absolute Gasteiger partial charge is 0.223 e. The highest BCUT2D eigenvalue weighted by atomic mass is 35.5. The van der Waals surface area contributed by atoms with Gasteiger partial charge in [-0.05, 0) is 48.7 Å². The van der Waals surface area contributed by atoms with E-state index in [1.807, 2.05) is 26.0 Å². The molecule has 0 saturated heterocycles. The molecule has 0 spiro atoms. The van der Waals surface area contributed by atoms with E-state index in [0.29, 0.717) is 5.56 Å². The van der Waals surface area contributed by atoms with E-state index in [9.17, 15) is 4.39 Å². The zero-order chi connectivity index (χ0) is 13.3. The topological polar surface area (TPSA) is 35.0 Å². The average Bonchev–Trinajstić information content (AvgIpc) is 2.35. The van der Waals surface area contributed by atoms with E-state index >= 15 is 0 Å². The molecule has 94 valence electrons. The second-order valence-electron chi connectivity index (χ2n) is 3.97. The second-order valence-corrected chi connectivity index (χ2v) is 4.31. The van der Waals surface area contributed by atoms with Crippen LogP contribution in [0.25, 0.3) is 11.3 Å². The van der Waals surface area contributed by atoms with E-state index in [-0.39, 0.29) is 11.0 Å². The van der Waals surface area contributed by atoms with Gasteiger partial charge in [0, 0.05) is 5.56 Å². The van der Waals surface area contributed by atoms with Gasteiger partial charge < -0.3 is 4.74 Å². The average molecular weight is 267 g/mol. The molecule has 5 heteroatoms. The Kier molecular flexibility index (Phi) is 3.48. The molecule has 0 bridgehead atoms. The van der Waals surface area contributed by atoms with E-state index in [1.54, 1.807) is 7.11 Å². The summed E-state index contributed by atoms with van der Waals surface area (Å²) >= 11 is 5.70. The summed E-state index contributed by atoms with van der Waals surface area (Å²) in [6.45, 7) is 3.76. The third kappa shape index (κ3) is 2.29. The Hall–Kier alpha value is -1.68. The lowest BCUT2D eigenvalue weighted by Crippen LogP contribution is -1.97. The van der Waals surface area contributed by atoms with Crippen molar-refractivity contribution in [2.75, 3.05) is 7.11 Å². The maximum atomic E-state index is 13.7. The number of hydrogen-bond donors (Lipinski definition) is 0. The number of halogens is 2. The Labute approximate surface area is 110 Å². The van der Waals surface area contributed by atoms with Gasteiger partial charge in [0.25, 0.3) is 0 Å². The molecule has 2 aromatic rings. The summed E-state index contributed by atoms with van der Waals surface area (Å²) in [5.41, 5.74) is 2.67. The highest BCUT2D eigenvalue weighted by molar-refractivity contribution is 6.28. The maximum Gasteiger partial charge on any atom is 0.223 e. The number of nitrogens with zero attached hydrogens (tertiary/aromatic N) is 2. The van der Waals surface area contributed by atoms with Crippen molar-refractivity contribution in [2.45, 2.75) is 13.8 Å². The minimum Gasteiger partial charge on any atom is -0.496 e. The Bertz CT molecular complexity index is 602. The van der Waals surface area contributed by atoms with Crippen LogP contribution in [0.15, 0.2) is 18.3 Å². The first-order valence-corrected chi connectivity index (χ1v) is 5.74. The van der Waals surface area contributed by atoms with Gasteiger partial charge in [-0.3, -0.25) is 0 Å². The lowest BCUT2D eigenvalue weighted by molar-refractivity contribution is 0.411. The van der Waals surface area contributed by atoms with E-state index in [1.165, 1.54) is 0 Å². The highest BCUT2D eigenvalue weighted by Crippen LogP contribution is 2.30. The van der Waals surface area contributed by atoms with Crippen LogP contribution >= 0.6 is 11.6 Å². The number of methoxy groups -OCH3 is 1. The predicted molar refractivity (Wildman–Crippen MR) is 68.5 cm³/mol. The van der Waals surface area contributed by atoms with Crippen molar-refractivity contribution in [1.82, 2.24) is 9.97 Å². The molecule has 0 radical (unpaired) electrons. The fraction of sp³-hybridized carbons (Fsp3) is 0.231. The van der Waals surface area contributed by atoms with E-state index in [2.05, 4.69) is 9.97 Å². The second kappa shape index (κ2) is 4.90. The summed E-state index contributed by atoms with van der Waals surface area (Å²) < 4.78 is 19.0. The number of benzene rings is 1. The van der Waals surface area contributed by atoms with Crippen molar-refractivity contribution < 1.29 is 9.13 Å². The number of aryl methyl sites for hydroxylation is 2. The largest absolute Gasteiger partial charge is 0.496 e. The van der Waals surface area contributed by atoms with Gasteiger partial charge in [0.05, 0.1) is 13.3 Å². The monoisotopic (exact) mass is 266 g/mol. The van der Waals surface area contributed by atoms with Gasteiger partial charge >= 0.3 is 0 Å². The van der Waals surface area contributed by atoms with Crippen LogP contribution in [0.2, 0.25) is 5.28 Å². The molecule has 1 aromatic carbocycles. The molecule has 0 aliphatic carbocycles. The minimum absolute atomic E-state index is 0.0271. The summed E-state index contributed by atoms with van der Waals surface area (Å²) in [5.74, 6) is 0.267.